The van der Waals surface area contributed by atoms with Crippen LogP contribution in [0.2, 0.25) is 0 Å². The summed E-state index contributed by atoms with van der Waals surface area (Å²) in [5, 5.41) is 16.7. The molecule has 0 bridgehead atoms. The molecule has 208 valence electrons. The molecule has 6 aromatic rings. The van der Waals surface area contributed by atoms with Crippen LogP contribution in [-0.4, -0.2) is 17.0 Å². The summed E-state index contributed by atoms with van der Waals surface area (Å²) >= 11 is 1.47. The molecule has 5 aromatic carbocycles. The number of amides is 1. The normalized spacial score (nSPS) is 12.0. The van der Waals surface area contributed by atoms with Crippen molar-refractivity contribution in [2.24, 2.45) is 0 Å². The topological polar surface area (TPSA) is 66.4 Å². The van der Waals surface area contributed by atoms with Crippen LogP contribution in [0, 0.1) is 11.6 Å². The molecule has 0 spiro atoms. The predicted octanol–water partition coefficient (Wildman–Crippen LogP) is 8.78. The van der Waals surface area contributed by atoms with Crippen LogP contribution < -0.4 is 5.32 Å². The van der Waals surface area contributed by atoms with Crippen LogP contribution in [0.25, 0.3) is 32.0 Å². The van der Waals surface area contributed by atoms with Crippen molar-refractivity contribution in [3.05, 3.63) is 142 Å². The second-order valence-corrected chi connectivity index (χ2v) is 11.2. The third-order valence-corrected chi connectivity index (χ3v) is 8.45. The summed E-state index contributed by atoms with van der Waals surface area (Å²) in [6.07, 6.45) is 0.305. The van der Waals surface area contributed by atoms with E-state index >= 15 is 4.39 Å². The van der Waals surface area contributed by atoms with Gasteiger partial charge < -0.3 is 10.4 Å². The number of fused-ring (bicyclic) bond motifs is 2. The Kier molecular flexibility index (Phi) is 7.27. The van der Waals surface area contributed by atoms with E-state index in [0.29, 0.717) is 17.5 Å². The lowest BCUT2D eigenvalue weighted by atomic mass is 9.94. The molecule has 6 rings (SSSR count). The molecule has 42 heavy (non-hydrogen) atoms. The van der Waals surface area contributed by atoms with Crippen molar-refractivity contribution in [1.29, 1.82) is 0 Å². The number of halogens is 2. The van der Waals surface area contributed by atoms with E-state index in [4.69, 9.17) is 0 Å². The number of carbonyl (C=O) groups is 2. The number of carboxylic acid groups (broad SMARTS) is 1. The van der Waals surface area contributed by atoms with Gasteiger partial charge in [-0.15, -0.1) is 11.3 Å². The maximum absolute atomic E-state index is 15.2. The Balaban J connectivity index is 1.41. The average molecular weight is 578 g/mol. The van der Waals surface area contributed by atoms with Crippen molar-refractivity contribution in [3.8, 4) is 11.1 Å². The monoisotopic (exact) mass is 577 g/mol. The van der Waals surface area contributed by atoms with Crippen LogP contribution in [-0.2, 0) is 6.42 Å². The van der Waals surface area contributed by atoms with Crippen LogP contribution in [0.1, 0.15) is 50.4 Å². The largest absolute Gasteiger partial charge is 0.478 e. The number of benzene rings is 5. The summed E-state index contributed by atoms with van der Waals surface area (Å²) in [5.74, 6) is -2.00. The van der Waals surface area contributed by atoms with Crippen molar-refractivity contribution in [1.82, 2.24) is 5.32 Å². The average Bonchev–Trinajstić information content (AvgIpc) is 3.40. The second kappa shape index (κ2) is 11.2. The Hall–Kier alpha value is -4.88. The molecule has 0 saturated carbocycles. The van der Waals surface area contributed by atoms with E-state index in [-0.39, 0.29) is 23.1 Å². The Bertz CT molecular complexity index is 1960. The van der Waals surface area contributed by atoms with Crippen LogP contribution >= 0.6 is 11.3 Å². The zero-order valence-electron chi connectivity index (χ0n) is 22.5. The van der Waals surface area contributed by atoms with E-state index < -0.39 is 12.0 Å². The zero-order valence-corrected chi connectivity index (χ0v) is 23.3. The third-order valence-electron chi connectivity index (χ3n) is 7.47. The van der Waals surface area contributed by atoms with Gasteiger partial charge in [0.1, 0.15) is 11.6 Å². The van der Waals surface area contributed by atoms with Crippen LogP contribution in [0.3, 0.4) is 0 Å². The van der Waals surface area contributed by atoms with E-state index in [1.54, 1.807) is 30.3 Å². The molecule has 0 radical (unpaired) electrons. The summed E-state index contributed by atoms with van der Waals surface area (Å²) in [6.45, 7) is 1.83. The molecular weight excluding hydrogens is 552 g/mol. The Labute approximate surface area is 244 Å². The first-order valence-electron chi connectivity index (χ1n) is 13.4. The minimum Gasteiger partial charge on any atom is -0.478 e. The van der Waals surface area contributed by atoms with Gasteiger partial charge >= 0.3 is 5.97 Å². The number of aromatic carboxylic acids is 1. The fourth-order valence-electron chi connectivity index (χ4n) is 5.22. The molecule has 0 fully saturated rings. The molecule has 1 atom stereocenters. The smallest absolute Gasteiger partial charge is 0.335 e. The van der Waals surface area contributed by atoms with E-state index in [1.807, 2.05) is 48.7 Å². The molecule has 0 saturated heterocycles. The Morgan fingerprint density at radius 3 is 2.21 bits per heavy atom. The van der Waals surface area contributed by atoms with Gasteiger partial charge in [-0.1, -0.05) is 48.5 Å². The van der Waals surface area contributed by atoms with Gasteiger partial charge in [-0.25, -0.2) is 13.6 Å². The number of nitrogens with one attached hydrogen (secondary N) is 1. The van der Waals surface area contributed by atoms with E-state index in [2.05, 4.69) is 5.32 Å². The molecule has 0 aliphatic heterocycles. The van der Waals surface area contributed by atoms with Gasteiger partial charge in [0.15, 0.2) is 0 Å². The minimum atomic E-state index is -1.02. The molecule has 1 heterocycles. The summed E-state index contributed by atoms with van der Waals surface area (Å²) in [6, 6.07) is 26.8. The van der Waals surface area contributed by atoms with Gasteiger partial charge in [0.25, 0.3) is 5.91 Å². The van der Waals surface area contributed by atoms with Crippen LogP contribution in [0.15, 0.2) is 102 Å². The van der Waals surface area contributed by atoms with Gasteiger partial charge in [0, 0.05) is 22.1 Å². The summed E-state index contributed by atoms with van der Waals surface area (Å²) in [7, 11) is 0. The summed E-state index contributed by atoms with van der Waals surface area (Å²) in [5.41, 5.74) is 4.24. The van der Waals surface area contributed by atoms with Crippen molar-refractivity contribution in [2.45, 2.75) is 19.4 Å². The highest BCUT2D eigenvalue weighted by molar-refractivity contribution is 7.17. The highest BCUT2D eigenvalue weighted by atomic mass is 32.1. The molecule has 0 unspecified atom stereocenters. The molecule has 4 nitrogen and oxygen atoms in total. The van der Waals surface area contributed by atoms with Crippen molar-refractivity contribution >= 4 is 44.1 Å². The lowest BCUT2D eigenvalue weighted by Gasteiger charge is -2.17. The minimum absolute atomic E-state index is 0.162. The van der Waals surface area contributed by atoms with Gasteiger partial charge in [-0.3, -0.25) is 4.79 Å². The van der Waals surface area contributed by atoms with Crippen molar-refractivity contribution in [2.75, 3.05) is 0 Å². The number of hydrogen-bond acceptors (Lipinski definition) is 3. The SMILES string of the molecule is C[C@H](NC(=O)c1cc(-c2ccc(F)cc2)cc2scc(Cc3cc4ccccc4cc3F)c12)c1ccc(C(=O)O)cc1. The number of carboxylic acids is 1. The van der Waals surface area contributed by atoms with Gasteiger partial charge in [-0.2, -0.15) is 0 Å². The number of hydrogen-bond donors (Lipinski definition) is 2. The first kappa shape index (κ1) is 27.3. The highest BCUT2D eigenvalue weighted by Crippen LogP contribution is 2.36. The molecular formula is C35H25F2NO3S. The molecule has 1 amide bonds. The number of rotatable bonds is 7. The predicted molar refractivity (Wildman–Crippen MR) is 163 cm³/mol. The standard InChI is InChI=1S/C35H25F2NO3S/c1-20(21-6-8-23(9-7-21)35(40)41)38-34(39)30-16-26(22-10-12-29(36)13-11-22)18-32-33(30)28(19-42-32)15-27-14-24-4-2-3-5-25(24)17-31(27)37/h2-14,16-20H,15H2,1H3,(H,38,39)(H,40,41)/t20-/m0/s1. The Morgan fingerprint density at radius 2 is 1.52 bits per heavy atom. The zero-order chi connectivity index (χ0) is 29.4. The first-order valence-corrected chi connectivity index (χ1v) is 14.3. The van der Waals surface area contributed by atoms with Crippen molar-refractivity contribution in [3.63, 3.8) is 0 Å². The van der Waals surface area contributed by atoms with E-state index in [1.165, 1.54) is 41.7 Å². The molecule has 1 aromatic heterocycles. The van der Waals surface area contributed by atoms with E-state index in [9.17, 15) is 19.1 Å². The van der Waals surface area contributed by atoms with Gasteiger partial charge in [0.2, 0.25) is 0 Å². The third kappa shape index (κ3) is 5.39. The number of carbonyl (C=O) groups excluding carboxylic acids is 1. The molecule has 2 N–H and O–H groups in total. The maximum Gasteiger partial charge on any atom is 0.335 e. The second-order valence-electron chi connectivity index (χ2n) is 10.3. The molecule has 7 heteroatoms. The summed E-state index contributed by atoms with van der Waals surface area (Å²) < 4.78 is 29.7. The first-order chi connectivity index (χ1) is 20.3. The Morgan fingerprint density at radius 1 is 0.833 bits per heavy atom. The lowest BCUT2D eigenvalue weighted by Crippen LogP contribution is -2.27. The fourth-order valence-corrected chi connectivity index (χ4v) is 6.25. The quantitative estimate of drug-likeness (QED) is 0.199. The maximum atomic E-state index is 15.2. The fraction of sp³-hybridized carbons (Fsp3) is 0.0857. The van der Waals surface area contributed by atoms with Gasteiger partial charge in [-0.05, 0) is 99.4 Å². The van der Waals surface area contributed by atoms with Crippen LogP contribution in [0.5, 0.6) is 0 Å². The highest BCUT2D eigenvalue weighted by Gasteiger charge is 2.20. The van der Waals surface area contributed by atoms with E-state index in [0.717, 1.165) is 43.1 Å². The number of thiophene rings is 1. The summed E-state index contributed by atoms with van der Waals surface area (Å²) in [4.78, 5) is 25.1. The molecule has 0 aliphatic carbocycles. The lowest BCUT2D eigenvalue weighted by molar-refractivity contribution is 0.0696. The molecule has 0 aliphatic rings. The van der Waals surface area contributed by atoms with Crippen molar-refractivity contribution < 1.29 is 23.5 Å². The van der Waals surface area contributed by atoms with Crippen LogP contribution in [0.4, 0.5) is 8.78 Å². The van der Waals surface area contributed by atoms with Gasteiger partial charge in [0.05, 0.1) is 11.6 Å².